The number of benzene rings is 1. The van der Waals surface area contributed by atoms with E-state index in [1.54, 1.807) is 12.1 Å². The highest BCUT2D eigenvalue weighted by Gasteiger charge is 2.42. The van der Waals surface area contributed by atoms with Crippen LogP contribution < -0.4 is 10.1 Å². The Bertz CT molecular complexity index is 560. The maximum atomic E-state index is 12.9. The van der Waals surface area contributed by atoms with E-state index in [1.165, 1.54) is 0 Å². The van der Waals surface area contributed by atoms with Gasteiger partial charge in [0.25, 0.3) is 5.91 Å². The molecule has 0 bridgehead atoms. The average molecular weight is 354 g/mol. The van der Waals surface area contributed by atoms with E-state index in [0.717, 1.165) is 32.1 Å². The van der Waals surface area contributed by atoms with Gasteiger partial charge in [-0.3, -0.25) is 4.79 Å². The Morgan fingerprint density at radius 2 is 2.21 bits per heavy atom. The molecule has 2 atom stereocenters. The first kappa shape index (κ1) is 19.1. The fraction of sp³-hybridized carbons (Fsp3) is 0.632. The van der Waals surface area contributed by atoms with Gasteiger partial charge >= 0.3 is 0 Å². The van der Waals surface area contributed by atoms with Crippen molar-refractivity contribution in [2.45, 2.75) is 58.5 Å². The Labute approximate surface area is 149 Å². The third kappa shape index (κ3) is 4.64. The van der Waals surface area contributed by atoms with E-state index in [-0.39, 0.29) is 5.91 Å². The monoisotopic (exact) mass is 353 g/mol. The SMILES string of the molecule is CCCOc1ccc(NC(=O)[C@]2(OCC)CCC[C@H](C)C2)cc1Cl. The standard InChI is InChI=1S/C19H28ClNO3/c1-4-11-23-17-9-8-15(12-16(17)20)21-18(22)19(24-5-2)10-6-7-14(3)13-19/h8-9,12,14H,4-7,10-11,13H2,1-3H3,(H,21,22)/t14-,19-/m0/s1. The minimum atomic E-state index is -0.726. The molecule has 24 heavy (non-hydrogen) atoms. The summed E-state index contributed by atoms with van der Waals surface area (Å²) in [6, 6.07) is 5.35. The van der Waals surface area contributed by atoms with E-state index in [1.807, 2.05) is 19.9 Å². The lowest BCUT2D eigenvalue weighted by molar-refractivity contribution is -0.147. The van der Waals surface area contributed by atoms with E-state index >= 15 is 0 Å². The Kier molecular flexibility index (Phi) is 6.93. The van der Waals surface area contributed by atoms with Gasteiger partial charge in [-0.25, -0.2) is 0 Å². The zero-order chi connectivity index (χ0) is 17.6. The van der Waals surface area contributed by atoms with Crippen molar-refractivity contribution in [3.8, 4) is 5.75 Å². The van der Waals surface area contributed by atoms with Crippen LogP contribution in [0.15, 0.2) is 18.2 Å². The Hall–Kier alpha value is -1.26. The number of nitrogens with one attached hydrogen (secondary N) is 1. The number of anilines is 1. The van der Waals surface area contributed by atoms with Gasteiger partial charge in [0.2, 0.25) is 0 Å². The summed E-state index contributed by atoms with van der Waals surface area (Å²) in [5.41, 5.74) is -0.0536. The number of ether oxygens (including phenoxy) is 2. The van der Waals surface area contributed by atoms with Crippen LogP contribution in [-0.4, -0.2) is 24.7 Å². The number of amides is 1. The van der Waals surface area contributed by atoms with Gasteiger partial charge in [0.1, 0.15) is 11.4 Å². The van der Waals surface area contributed by atoms with Crippen molar-refractivity contribution in [1.29, 1.82) is 0 Å². The van der Waals surface area contributed by atoms with Gasteiger partial charge in [-0.1, -0.05) is 31.9 Å². The van der Waals surface area contributed by atoms with Crippen molar-refractivity contribution < 1.29 is 14.3 Å². The molecule has 1 aromatic carbocycles. The molecule has 0 heterocycles. The highest BCUT2D eigenvalue weighted by atomic mass is 35.5. The minimum Gasteiger partial charge on any atom is -0.492 e. The van der Waals surface area contributed by atoms with Gasteiger partial charge in [-0.15, -0.1) is 0 Å². The summed E-state index contributed by atoms with van der Waals surface area (Å²) >= 11 is 6.25. The molecule has 1 aliphatic rings. The second-order valence-electron chi connectivity index (χ2n) is 6.58. The molecule has 0 aromatic heterocycles. The molecule has 1 N–H and O–H groups in total. The smallest absolute Gasteiger partial charge is 0.256 e. The van der Waals surface area contributed by atoms with Crippen LogP contribution in [0.3, 0.4) is 0 Å². The summed E-state index contributed by atoms with van der Waals surface area (Å²) in [6.07, 6.45) is 4.61. The predicted molar refractivity (Wildman–Crippen MR) is 97.9 cm³/mol. The highest BCUT2D eigenvalue weighted by Crippen LogP contribution is 2.36. The zero-order valence-corrected chi connectivity index (χ0v) is 15.6. The van der Waals surface area contributed by atoms with E-state index in [4.69, 9.17) is 21.1 Å². The summed E-state index contributed by atoms with van der Waals surface area (Å²) in [5, 5.41) is 3.48. The normalized spacial score (nSPS) is 23.8. The number of hydrogen-bond donors (Lipinski definition) is 1. The lowest BCUT2D eigenvalue weighted by atomic mass is 9.78. The number of halogens is 1. The molecular formula is C19H28ClNO3. The molecule has 0 saturated heterocycles. The van der Waals surface area contributed by atoms with Crippen molar-refractivity contribution in [3.05, 3.63) is 23.2 Å². The van der Waals surface area contributed by atoms with Crippen molar-refractivity contribution in [2.24, 2.45) is 5.92 Å². The van der Waals surface area contributed by atoms with Crippen molar-refractivity contribution in [3.63, 3.8) is 0 Å². The topological polar surface area (TPSA) is 47.6 Å². The quantitative estimate of drug-likeness (QED) is 0.745. The molecule has 4 nitrogen and oxygen atoms in total. The van der Waals surface area contributed by atoms with Crippen LogP contribution in [-0.2, 0) is 9.53 Å². The Balaban J connectivity index is 2.10. The van der Waals surface area contributed by atoms with E-state index < -0.39 is 5.60 Å². The molecule has 2 rings (SSSR count). The van der Waals surface area contributed by atoms with Crippen molar-refractivity contribution in [1.82, 2.24) is 0 Å². The zero-order valence-electron chi connectivity index (χ0n) is 14.9. The third-order valence-corrected chi connectivity index (χ3v) is 4.74. The molecule has 1 aliphatic carbocycles. The largest absolute Gasteiger partial charge is 0.492 e. The molecular weight excluding hydrogens is 326 g/mol. The molecule has 0 unspecified atom stereocenters. The lowest BCUT2D eigenvalue weighted by Gasteiger charge is -2.38. The molecule has 1 fully saturated rings. The minimum absolute atomic E-state index is 0.0748. The van der Waals surface area contributed by atoms with Crippen LogP contribution in [0.5, 0.6) is 5.75 Å². The van der Waals surface area contributed by atoms with E-state index in [0.29, 0.717) is 35.6 Å². The molecule has 1 aromatic rings. The first-order chi connectivity index (χ1) is 11.5. The lowest BCUT2D eigenvalue weighted by Crippen LogP contribution is -2.48. The summed E-state index contributed by atoms with van der Waals surface area (Å²) in [5.74, 6) is 1.06. The maximum absolute atomic E-state index is 12.9. The first-order valence-electron chi connectivity index (χ1n) is 8.88. The van der Waals surface area contributed by atoms with Gasteiger partial charge in [0.05, 0.1) is 11.6 Å². The Morgan fingerprint density at radius 3 is 2.83 bits per heavy atom. The number of carbonyl (C=O) groups is 1. The van der Waals surface area contributed by atoms with Crippen molar-refractivity contribution in [2.75, 3.05) is 18.5 Å². The number of carbonyl (C=O) groups excluding carboxylic acids is 1. The Morgan fingerprint density at radius 1 is 1.42 bits per heavy atom. The molecule has 134 valence electrons. The second kappa shape index (κ2) is 8.72. The van der Waals surface area contributed by atoms with Crippen LogP contribution in [0.2, 0.25) is 5.02 Å². The fourth-order valence-electron chi connectivity index (χ4n) is 3.33. The molecule has 0 radical (unpaired) electrons. The first-order valence-corrected chi connectivity index (χ1v) is 9.26. The van der Waals surface area contributed by atoms with Crippen LogP contribution in [0.25, 0.3) is 0 Å². The predicted octanol–water partition coefficient (Wildman–Crippen LogP) is 5.05. The fourth-order valence-corrected chi connectivity index (χ4v) is 3.57. The summed E-state index contributed by atoms with van der Waals surface area (Å²) in [7, 11) is 0. The van der Waals surface area contributed by atoms with Gasteiger partial charge in [-0.2, -0.15) is 0 Å². The van der Waals surface area contributed by atoms with Crippen LogP contribution in [0.4, 0.5) is 5.69 Å². The summed E-state index contributed by atoms with van der Waals surface area (Å²) in [4.78, 5) is 12.9. The molecule has 0 aliphatic heterocycles. The molecule has 5 heteroatoms. The molecule has 1 saturated carbocycles. The van der Waals surface area contributed by atoms with Crippen molar-refractivity contribution >= 4 is 23.2 Å². The van der Waals surface area contributed by atoms with Gasteiger partial charge < -0.3 is 14.8 Å². The number of hydrogen-bond acceptors (Lipinski definition) is 3. The van der Waals surface area contributed by atoms with Gasteiger partial charge in [0, 0.05) is 12.3 Å². The second-order valence-corrected chi connectivity index (χ2v) is 6.98. The van der Waals surface area contributed by atoms with Crippen LogP contribution in [0.1, 0.15) is 52.9 Å². The van der Waals surface area contributed by atoms with E-state index in [2.05, 4.69) is 12.2 Å². The van der Waals surface area contributed by atoms with Gasteiger partial charge in [-0.05, 0) is 56.7 Å². The molecule has 0 spiro atoms. The van der Waals surface area contributed by atoms with Crippen LogP contribution in [0, 0.1) is 5.92 Å². The average Bonchev–Trinajstić information content (AvgIpc) is 2.54. The van der Waals surface area contributed by atoms with Crippen LogP contribution >= 0.6 is 11.6 Å². The summed E-state index contributed by atoms with van der Waals surface area (Å²) in [6.45, 7) is 7.31. The maximum Gasteiger partial charge on any atom is 0.256 e. The molecule has 1 amide bonds. The summed E-state index contributed by atoms with van der Waals surface area (Å²) < 4.78 is 11.5. The van der Waals surface area contributed by atoms with E-state index in [9.17, 15) is 4.79 Å². The highest BCUT2D eigenvalue weighted by molar-refractivity contribution is 6.32. The third-order valence-electron chi connectivity index (χ3n) is 4.44. The number of rotatable bonds is 7. The van der Waals surface area contributed by atoms with Gasteiger partial charge in [0.15, 0.2) is 0 Å².